The van der Waals surface area contributed by atoms with Crippen molar-refractivity contribution in [2.45, 2.75) is 30.8 Å². The summed E-state index contributed by atoms with van der Waals surface area (Å²) in [5.41, 5.74) is 3.36. The van der Waals surface area contributed by atoms with Gasteiger partial charge < -0.3 is 10.2 Å². The molecule has 5 nitrogen and oxygen atoms in total. The molecule has 0 aromatic heterocycles. The van der Waals surface area contributed by atoms with Gasteiger partial charge in [0.1, 0.15) is 0 Å². The molecule has 0 fully saturated rings. The average molecular weight is 358 g/mol. The number of sulfone groups is 1. The maximum Gasteiger partial charge on any atom is 0.318 e. The molecular formula is C19H22N2O3S. The summed E-state index contributed by atoms with van der Waals surface area (Å²) < 4.78 is 23.0. The molecule has 3 rings (SSSR count). The molecule has 0 saturated heterocycles. The minimum absolute atomic E-state index is 0.103. The van der Waals surface area contributed by atoms with Crippen LogP contribution in [0.3, 0.4) is 0 Å². The standard InChI is InChI=1S/C19H22N2O3S/c1-14(15-7-9-18(10-8-15)25(2,23)24)20-19(22)21-12-11-16-5-3-4-6-17(16)13-21/h3-10,14H,11-13H2,1-2H3,(H,20,22)/t14-/m1/s1. The second-order valence-corrected chi connectivity index (χ2v) is 8.47. The molecule has 25 heavy (non-hydrogen) atoms. The number of carbonyl (C=O) groups excluding carboxylic acids is 1. The molecule has 2 aromatic carbocycles. The van der Waals surface area contributed by atoms with Crippen molar-refractivity contribution in [3.8, 4) is 0 Å². The van der Waals surface area contributed by atoms with Crippen molar-refractivity contribution in [2.24, 2.45) is 0 Å². The van der Waals surface area contributed by atoms with Gasteiger partial charge in [-0.1, -0.05) is 36.4 Å². The lowest BCUT2D eigenvalue weighted by Crippen LogP contribution is -2.43. The van der Waals surface area contributed by atoms with Crippen LogP contribution in [-0.4, -0.2) is 32.1 Å². The Morgan fingerprint density at radius 3 is 2.36 bits per heavy atom. The average Bonchev–Trinajstić information content (AvgIpc) is 2.60. The van der Waals surface area contributed by atoms with E-state index in [0.29, 0.717) is 13.1 Å². The van der Waals surface area contributed by atoms with Gasteiger partial charge in [0.15, 0.2) is 9.84 Å². The van der Waals surface area contributed by atoms with Crippen LogP contribution in [0.25, 0.3) is 0 Å². The SMILES string of the molecule is C[C@@H](NC(=O)N1CCc2ccccc2C1)c1ccc(S(C)(=O)=O)cc1. The molecular weight excluding hydrogens is 336 g/mol. The van der Waals surface area contributed by atoms with E-state index < -0.39 is 9.84 Å². The van der Waals surface area contributed by atoms with Gasteiger partial charge in [-0.05, 0) is 42.2 Å². The fourth-order valence-electron chi connectivity index (χ4n) is 3.03. The molecule has 1 aliphatic heterocycles. The van der Waals surface area contributed by atoms with Gasteiger partial charge in [-0.25, -0.2) is 13.2 Å². The van der Waals surface area contributed by atoms with Crippen molar-refractivity contribution in [3.05, 3.63) is 65.2 Å². The Hall–Kier alpha value is -2.34. The normalized spacial score (nSPS) is 15.4. The molecule has 6 heteroatoms. The predicted molar refractivity (Wildman–Crippen MR) is 97.1 cm³/mol. The summed E-state index contributed by atoms with van der Waals surface area (Å²) in [5, 5.41) is 2.99. The summed E-state index contributed by atoms with van der Waals surface area (Å²) in [6.07, 6.45) is 2.04. The van der Waals surface area contributed by atoms with Crippen molar-refractivity contribution >= 4 is 15.9 Å². The number of urea groups is 1. The number of benzene rings is 2. The van der Waals surface area contributed by atoms with E-state index in [1.807, 2.05) is 24.0 Å². The number of hydrogen-bond acceptors (Lipinski definition) is 3. The van der Waals surface area contributed by atoms with Gasteiger partial charge in [-0.15, -0.1) is 0 Å². The van der Waals surface area contributed by atoms with E-state index in [9.17, 15) is 13.2 Å². The van der Waals surface area contributed by atoms with E-state index in [0.717, 1.165) is 12.0 Å². The molecule has 1 N–H and O–H groups in total. The molecule has 0 saturated carbocycles. The van der Waals surface area contributed by atoms with Crippen LogP contribution in [0.5, 0.6) is 0 Å². The Morgan fingerprint density at radius 1 is 1.08 bits per heavy atom. The Kier molecular flexibility index (Phi) is 4.81. The molecule has 1 heterocycles. The quantitative estimate of drug-likeness (QED) is 0.917. The van der Waals surface area contributed by atoms with Gasteiger partial charge in [-0.3, -0.25) is 0 Å². The summed E-state index contributed by atoms with van der Waals surface area (Å²) >= 11 is 0. The second kappa shape index (κ2) is 6.88. The first-order chi connectivity index (χ1) is 11.8. The smallest absolute Gasteiger partial charge is 0.318 e. The number of amides is 2. The fourth-order valence-corrected chi connectivity index (χ4v) is 3.66. The maximum absolute atomic E-state index is 12.5. The largest absolute Gasteiger partial charge is 0.331 e. The topological polar surface area (TPSA) is 66.5 Å². The van der Waals surface area contributed by atoms with Crippen LogP contribution in [0.1, 0.15) is 29.7 Å². The highest BCUT2D eigenvalue weighted by molar-refractivity contribution is 7.90. The lowest BCUT2D eigenvalue weighted by molar-refractivity contribution is 0.189. The zero-order valence-corrected chi connectivity index (χ0v) is 15.2. The van der Waals surface area contributed by atoms with Crippen molar-refractivity contribution in [3.63, 3.8) is 0 Å². The Balaban J connectivity index is 1.65. The van der Waals surface area contributed by atoms with Gasteiger partial charge in [0, 0.05) is 19.3 Å². The zero-order valence-electron chi connectivity index (χ0n) is 14.4. The number of carbonyl (C=O) groups is 1. The first-order valence-electron chi connectivity index (χ1n) is 8.27. The van der Waals surface area contributed by atoms with Crippen LogP contribution in [0, 0.1) is 0 Å². The van der Waals surface area contributed by atoms with E-state index >= 15 is 0 Å². The van der Waals surface area contributed by atoms with E-state index in [4.69, 9.17) is 0 Å². The maximum atomic E-state index is 12.5. The Bertz CT molecular complexity index is 876. The number of rotatable bonds is 3. The third kappa shape index (κ3) is 4.02. The highest BCUT2D eigenvalue weighted by atomic mass is 32.2. The molecule has 0 unspecified atom stereocenters. The van der Waals surface area contributed by atoms with Crippen molar-refractivity contribution < 1.29 is 13.2 Å². The molecule has 0 radical (unpaired) electrons. The van der Waals surface area contributed by atoms with Gasteiger partial charge in [-0.2, -0.15) is 0 Å². The third-order valence-corrected chi connectivity index (χ3v) is 5.69. The summed E-state index contributed by atoms with van der Waals surface area (Å²) in [6, 6.07) is 14.5. The van der Waals surface area contributed by atoms with Crippen molar-refractivity contribution in [1.29, 1.82) is 0 Å². The predicted octanol–water partition coefficient (Wildman–Crippen LogP) is 2.92. The lowest BCUT2D eigenvalue weighted by Gasteiger charge is -2.30. The number of hydrogen-bond donors (Lipinski definition) is 1. The molecule has 0 aliphatic carbocycles. The van der Waals surface area contributed by atoms with E-state index in [2.05, 4.69) is 17.4 Å². The molecule has 0 bridgehead atoms. The highest BCUT2D eigenvalue weighted by Crippen LogP contribution is 2.20. The first-order valence-corrected chi connectivity index (χ1v) is 10.2. The van der Waals surface area contributed by atoms with E-state index in [-0.39, 0.29) is 17.0 Å². The fraction of sp³-hybridized carbons (Fsp3) is 0.316. The van der Waals surface area contributed by atoms with Crippen LogP contribution < -0.4 is 5.32 Å². The molecule has 2 aromatic rings. The summed E-state index contributed by atoms with van der Waals surface area (Å²) in [4.78, 5) is 14.6. The summed E-state index contributed by atoms with van der Waals surface area (Å²) in [6.45, 7) is 3.20. The molecule has 132 valence electrons. The molecule has 0 spiro atoms. The van der Waals surface area contributed by atoms with Gasteiger partial charge in [0.05, 0.1) is 10.9 Å². The first kappa shape index (κ1) is 17.5. The van der Waals surface area contributed by atoms with Gasteiger partial charge in [0.25, 0.3) is 0 Å². The van der Waals surface area contributed by atoms with Crippen LogP contribution in [0.2, 0.25) is 0 Å². The minimum Gasteiger partial charge on any atom is -0.331 e. The Morgan fingerprint density at radius 2 is 1.72 bits per heavy atom. The Labute approximate surface area is 148 Å². The molecule has 1 aliphatic rings. The monoisotopic (exact) mass is 358 g/mol. The van der Waals surface area contributed by atoms with Crippen LogP contribution in [0.15, 0.2) is 53.4 Å². The second-order valence-electron chi connectivity index (χ2n) is 6.45. The number of nitrogens with one attached hydrogen (secondary N) is 1. The minimum atomic E-state index is -3.21. The van der Waals surface area contributed by atoms with Gasteiger partial charge >= 0.3 is 6.03 Å². The van der Waals surface area contributed by atoms with Crippen LogP contribution in [-0.2, 0) is 22.8 Å². The van der Waals surface area contributed by atoms with Crippen molar-refractivity contribution in [1.82, 2.24) is 10.2 Å². The summed E-state index contributed by atoms with van der Waals surface area (Å²) in [7, 11) is -3.21. The van der Waals surface area contributed by atoms with Crippen molar-refractivity contribution in [2.75, 3.05) is 12.8 Å². The van der Waals surface area contributed by atoms with Crippen LogP contribution >= 0.6 is 0 Å². The molecule has 1 atom stereocenters. The third-order valence-electron chi connectivity index (χ3n) is 4.57. The number of nitrogens with zero attached hydrogens (tertiary/aromatic N) is 1. The number of fused-ring (bicyclic) bond motifs is 1. The lowest BCUT2D eigenvalue weighted by atomic mass is 10.0. The zero-order chi connectivity index (χ0) is 18.0. The highest BCUT2D eigenvalue weighted by Gasteiger charge is 2.21. The van der Waals surface area contributed by atoms with E-state index in [1.54, 1.807) is 24.3 Å². The van der Waals surface area contributed by atoms with E-state index in [1.165, 1.54) is 17.4 Å². The summed E-state index contributed by atoms with van der Waals surface area (Å²) in [5.74, 6) is 0. The molecule has 2 amide bonds. The van der Waals surface area contributed by atoms with Crippen LogP contribution in [0.4, 0.5) is 4.79 Å². The van der Waals surface area contributed by atoms with Gasteiger partial charge in [0.2, 0.25) is 0 Å².